The van der Waals surface area contributed by atoms with Crippen LogP contribution in [0.5, 0.6) is 0 Å². The van der Waals surface area contributed by atoms with E-state index in [1.54, 1.807) is 17.5 Å². The van der Waals surface area contributed by atoms with E-state index in [2.05, 4.69) is 5.32 Å². The molecule has 15 heavy (non-hydrogen) atoms. The highest BCUT2D eigenvalue weighted by molar-refractivity contribution is 7.09. The number of nitriles is 1. The van der Waals surface area contributed by atoms with Crippen LogP contribution in [0.3, 0.4) is 0 Å². The molecule has 0 aliphatic heterocycles. The number of nitrogens with zero attached hydrogens (tertiary/aromatic N) is 1. The molecule has 1 N–H and O–H groups in total. The lowest BCUT2D eigenvalue weighted by Gasteiger charge is -2.25. The smallest absolute Gasteiger partial charge is 0.287 e. The number of hydrogen-bond donors (Lipinski definition) is 1. The second kappa shape index (κ2) is 4.21. The average Bonchev–Trinajstić information content (AvgIpc) is 2.64. The van der Waals surface area contributed by atoms with Crippen molar-refractivity contribution in [2.45, 2.75) is 25.2 Å². The summed E-state index contributed by atoms with van der Waals surface area (Å²) >= 11 is 1.35. The van der Waals surface area contributed by atoms with Crippen LogP contribution in [0.2, 0.25) is 0 Å². The quantitative estimate of drug-likeness (QED) is 0.872. The number of thiophene rings is 1. The maximum absolute atomic E-state index is 12.5. The number of hydrogen-bond acceptors (Lipinski definition) is 3. The Labute approximate surface area is 89.3 Å². The van der Waals surface area contributed by atoms with Gasteiger partial charge in [-0.2, -0.15) is 18.4 Å². The van der Waals surface area contributed by atoms with E-state index in [0.717, 1.165) is 11.8 Å². The zero-order valence-corrected chi connectivity index (χ0v) is 8.75. The van der Waals surface area contributed by atoms with Gasteiger partial charge in [0.25, 0.3) is 0 Å². The fourth-order valence-corrected chi connectivity index (χ4v) is 1.52. The molecule has 1 rings (SSSR count). The van der Waals surface area contributed by atoms with Crippen molar-refractivity contribution in [1.82, 2.24) is 5.32 Å². The van der Waals surface area contributed by atoms with Gasteiger partial charge in [-0.15, -0.1) is 11.3 Å². The predicted molar refractivity (Wildman–Crippen MR) is 51.2 cm³/mol. The number of alkyl halides is 3. The summed E-state index contributed by atoms with van der Waals surface area (Å²) in [6.45, 7) is 0.877. The van der Waals surface area contributed by atoms with Crippen LogP contribution in [0.1, 0.15) is 11.8 Å². The summed E-state index contributed by atoms with van der Waals surface area (Å²) in [5.74, 6) is 0. The highest BCUT2D eigenvalue weighted by Gasteiger charge is 2.51. The third kappa shape index (κ3) is 2.70. The van der Waals surface area contributed by atoms with E-state index in [0.29, 0.717) is 0 Å². The molecule has 0 radical (unpaired) electrons. The minimum absolute atomic E-state index is 0.0429. The second-order valence-corrected chi connectivity index (χ2v) is 4.20. The van der Waals surface area contributed by atoms with Gasteiger partial charge in [-0.3, -0.25) is 5.32 Å². The zero-order valence-electron chi connectivity index (χ0n) is 7.93. The molecule has 0 aromatic carbocycles. The molecular formula is C9H9F3N2S. The molecule has 6 heteroatoms. The Bertz CT molecular complexity index is 352. The molecule has 0 saturated carbocycles. The summed E-state index contributed by atoms with van der Waals surface area (Å²) in [7, 11) is 0. The van der Waals surface area contributed by atoms with E-state index < -0.39 is 11.7 Å². The Kier molecular flexibility index (Phi) is 3.37. The third-order valence-electron chi connectivity index (χ3n) is 1.99. The van der Waals surface area contributed by atoms with Gasteiger partial charge in [-0.25, -0.2) is 0 Å². The molecule has 0 saturated heterocycles. The minimum atomic E-state index is -4.57. The first-order valence-corrected chi connectivity index (χ1v) is 5.02. The average molecular weight is 234 g/mol. The van der Waals surface area contributed by atoms with Crippen LogP contribution >= 0.6 is 11.3 Å². The molecule has 0 bridgehead atoms. The summed E-state index contributed by atoms with van der Waals surface area (Å²) in [5, 5.41) is 12.5. The molecule has 1 aromatic heterocycles. The van der Waals surface area contributed by atoms with Crippen molar-refractivity contribution in [3.05, 3.63) is 22.4 Å². The maximum Gasteiger partial charge on any atom is 0.419 e. The molecule has 1 unspecified atom stereocenters. The Balaban J connectivity index is 2.67. The van der Waals surface area contributed by atoms with Crippen LogP contribution in [-0.2, 0) is 6.54 Å². The van der Waals surface area contributed by atoms with Crippen molar-refractivity contribution in [2.75, 3.05) is 0 Å². The number of rotatable bonds is 3. The summed E-state index contributed by atoms with van der Waals surface area (Å²) in [6, 6.07) is 4.71. The standard InChI is InChI=1S/C9H9F3N2S/c1-8(6-13,9(10,11)12)14-5-7-3-2-4-15-7/h2-4,14H,5H2,1H3. The molecule has 0 fully saturated rings. The van der Waals surface area contributed by atoms with Crippen molar-refractivity contribution in [2.24, 2.45) is 0 Å². The molecule has 1 atom stereocenters. The van der Waals surface area contributed by atoms with Crippen molar-refractivity contribution in [3.8, 4) is 6.07 Å². The molecule has 82 valence electrons. The number of nitrogens with one attached hydrogen (secondary N) is 1. The van der Waals surface area contributed by atoms with Crippen LogP contribution in [0.25, 0.3) is 0 Å². The van der Waals surface area contributed by atoms with Gasteiger partial charge < -0.3 is 0 Å². The molecule has 0 aliphatic carbocycles. The summed E-state index contributed by atoms with van der Waals surface area (Å²) in [5.41, 5.74) is -2.49. The summed E-state index contributed by atoms with van der Waals surface area (Å²) in [6.07, 6.45) is -4.57. The van der Waals surface area contributed by atoms with Crippen molar-refractivity contribution in [3.63, 3.8) is 0 Å². The molecule has 0 aliphatic rings. The van der Waals surface area contributed by atoms with E-state index in [9.17, 15) is 13.2 Å². The van der Waals surface area contributed by atoms with Gasteiger partial charge in [0.2, 0.25) is 0 Å². The van der Waals surface area contributed by atoms with E-state index in [1.807, 2.05) is 0 Å². The predicted octanol–water partition coefficient (Wildman–Crippen LogP) is 2.68. The highest BCUT2D eigenvalue weighted by Crippen LogP contribution is 2.29. The largest absolute Gasteiger partial charge is 0.419 e. The van der Waals surface area contributed by atoms with Crippen molar-refractivity contribution < 1.29 is 13.2 Å². The molecular weight excluding hydrogens is 225 g/mol. The third-order valence-corrected chi connectivity index (χ3v) is 2.86. The Morgan fingerprint density at radius 3 is 2.60 bits per heavy atom. The van der Waals surface area contributed by atoms with Gasteiger partial charge in [0.15, 0.2) is 5.54 Å². The summed E-state index contributed by atoms with van der Waals surface area (Å²) < 4.78 is 37.4. The van der Waals surface area contributed by atoms with Gasteiger partial charge >= 0.3 is 6.18 Å². The highest BCUT2D eigenvalue weighted by atomic mass is 32.1. The number of halogens is 3. The topological polar surface area (TPSA) is 35.8 Å². The van der Waals surface area contributed by atoms with Crippen LogP contribution in [0, 0.1) is 11.3 Å². The van der Waals surface area contributed by atoms with Gasteiger partial charge in [0.05, 0.1) is 6.07 Å². The molecule has 0 amide bonds. The van der Waals surface area contributed by atoms with Crippen molar-refractivity contribution in [1.29, 1.82) is 5.26 Å². The van der Waals surface area contributed by atoms with E-state index in [1.165, 1.54) is 17.4 Å². The van der Waals surface area contributed by atoms with E-state index >= 15 is 0 Å². The molecule has 1 aromatic rings. The maximum atomic E-state index is 12.5. The van der Waals surface area contributed by atoms with Crippen LogP contribution in [0.15, 0.2) is 17.5 Å². The Morgan fingerprint density at radius 1 is 1.53 bits per heavy atom. The van der Waals surface area contributed by atoms with E-state index in [-0.39, 0.29) is 6.54 Å². The van der Waals surface area contributed by atoms with Gasteiger partial charge in [0, 0.05) is 11.4 Å². The van der Waals surface area contributed by atoms with Crippen molar-refractivity contribution >= 4 is 11.3 Å². The monoisotopic (exact) mass is 234 g/mol. The fourth-order valence-electron chi connectivity index (χ4n) is 0.880. The molecule has 1 heterocycles. The van der Waals surface area contributed by atoms with Gasteiger partial charge in [-0.05, 0) is 18.4 Å². The van der Waals surface area contributed by atoms with Crippen LogP contribution in [0.4, 0.5) is 13.2 Å². The van der Waals surface area contributed by atoms with Crippen LogP contribution in [-0.4, -0.2) is 11.7 Å². The van der Waals surface area contributed by atoms with E-state index in [4.69, 9.17) is 5.26 Å². The Hall–Kier alpha value is -1.06. The molecule has 2 nitrogen and oxygen atoms in total. The first-order chi connectivity index (χ1) is 6.89. The minimum Gasteiger partial charge on any atom is -0.287 e. The lowest BCUT2D eigenvalue weighted by atomic mass is 10.0. The molecule has 0 spiro atoms. The lowest BCUT2D eigenvalue weighted by molar-refractivity contribution is -0.174. The Morgan fingerprint density at radius 2 is 2.20 bits per heavy atom. The second-order valence-electron chi connectivity index (χ2n) is 3.17. The fraction of sp³-hybridized carbons (Fsp3) is 0.444. The zero-order chi connectivity index (χ0) is 11.5. The summed E-state index contributed by atoms with van der Waals surface area (Å²) in [4.78, 5) is 0.765. The van der Waals surface area contributed by atoms with Crippen LogP contribution < -0.4 is 5.32 Å². The first-order valence-electron chi connectivity index (χ1n) is 4.14. The SMILES string of the molecule is CC(C#N)(NCc1cccs1)C(F)(F)F. The normalized spacial score (nSPS) is 15.7. The van der Waals surface area contributed by atoms with Gasteiger partial charge in [-0.1, -0.05) is 6.07 Å². The lowest BCUT2D eigenvalue weighted by Crippen LogP contribution is -2.52. The first kappa shape index (κ1) is 12.0. The van der Waals surface area contributed by atoms with Gasteiger partial charge in [0.1, 0.15) is 0 Å².